The number of furan rings is 1. The molecular formula is C22H22ClNO4S. The van der Waals surface area contributed by atoms with E-state index in [4.69, 9.17) is 20.8 Å². The number of carbonyl (C=O) groups is 1. The van der Waals surface area contributed by atoms with Crippen molar-refractivity contribution < 1.29 is 18.2 Å². The maximum Gasteiger partial charge on any atom is 0.287 e. The van der Waals surface area contributed by atoms with E-state index >= 15 is 0 Å². The number of benzene rings is 2. The molecule has 0 fully saturated rings. The highest BCUT2D eigenvalue weighted by molar-refractivity contribution is 7.84. The van der Waals surface area contributed by atoms with Crippen LogP contribution in [0.15, 0.2) is 70.0 Å². The average molecular weight is 432 g/mol. The summed E-state index contributed by atoms with van der Waals surface area (Å²) in [6, 6.07) is 17.7. The highest BCUT2D eigenvalue weighted by Gasteiger charge is 2.14. The molecule has 0 spiro atoms. The van der Waals surface area contributed by atoms with Gasteiger partial charge in [0, 0.05) is 16.5 Å². The lowest BCUT2D eigenvalue weighted by Gasteiger charge is -2.10. The lowest BCUT2D eigenvalue weighted by Crippen LogP contribution is -2.22. The molecular weight excluding hydrogens is 410 g/mol. The van der Waals surface area contributed by atoms with Gasteiger partial charge in [0.25, 0.3) is 5.91 Å². The molecule has 1 atom stereocenters. The van der Waals surface area contributed by atoms with Crippen molar-refractivity contribution in [3.05, 3.63) is 82.8 Å². The van der Waals surface area contributed by atoms with Gasteiger partial charge in [-0.15, -0.1) is 0 Å². The van der Waals surface area contributed by atoms with Crippen LogP contribution >= 0.6 is 11.6 Å². The van der Waals surface area contributed by atoms with E-state index in [1.165, 1.54) is 0 Å². The number of nitrogens with one attached hydrogen (secondary N) is 1. The monoisotopic (exact) mass is 431 g/mol. The Kier molecular flexibility index (Phi) is 7.12. The normalized spacial score (nSPS) is 12.0. The fourth-order valence-electron chi connectivity index (χ4n) is 2.63. The van der Waals surface area contributed by atoms with Crippen molar-refractivity contribution in [2.45, 2.75) is 37.1 Å². The van der Waals surface area contributed by atoms with Gasteiger partial charge in [0.2, 0.25) is 0 Å². The third kappa shape index (κ3) is 6.21. The average Bonchev–Trinajstić information content (AvgIpc) is 3.15. The summed E-state index contributed by atoms with van der Waals surface area (Å²) in [6.07, 6.45) is 0.113. The Morgan fingerprint density at radius 2 is 1.90 bits per heavy atom. The van der Waals surface area contributed by atoms with Crippen LogP contribution in [0.1, 0.15) is 35.7 Å². The van der Waals surface area contributed by atoms with E-state index in [-0.39, 0.29) is 23.5 Å². The molecule has 3 rings (SSSR count). The van der Waals surface area contributed by atoms with Gasteiger partial charge >= 0.3 is 0 Å². The minimum Gasteiger partial charge on any atom is -0.491 e. The third-order valence-electron chi connectivity index (χ3n) is 3.97. The van der Waals surface area contributed by atoms with Crippen LogP contribution in [-0.2, 0) is 23.1 Å². The molecule has 0 unspecified atom stereocenters. The van der Waals surface area contributed by atoms with Gasteiger partial charge in [0.15, 0.2) is 5.76 Å². The summed E-state index contributed by atoms with van der Waals surface area (Å²) >= 11 is 5.94. The number of hydrogen-bond acceptors (Lipinski definition) is 4. The van der Waals surface area contributed by atoms with Gasteiger partial charge in [-0.05, 0) is 61.9 Å². The summed E-state index contributed by atoms with van der Waals surface area (Å²) in [4.78, 5) is 12.9. The largest absolute Gasteiger partial charge is 0.491 e. The zero-order chi connectivity index (χ0) is 20.8. The van der Waals surface area contributed by atoms with Gasteiger partial charge in [-0.2, -0.15) is 0 Å². The molecule has 0 bridgehead atoms. The molecule has 5 nitrogen and oxygen atoms in total. The Morgan fingerprint density at radius 3 is 2.59 bits per heavy atom. The number of carbonyl (C=O) groups excluding carboxylic acids is 1. The third-order valence-corrected chi connectivity index (χ3v) is 5.53. The molecule has 0 saturated carbocycles. The van der Waals surface area contributed by atoms with Crippen molar-refractivity contribution in [1.29, 1.82) is 0 Å². The highest BCUT2D eigenvalue weighted by atomic mass is 35.5. The molecule has 0 aliphatic rings. The van der Waals surface area contributed by atoms with Crippen LogP contribution in [0.2, 0.25) is 5.02 Å². The molecule has 0 aliphatic carbocycles. The van der Waals surface area contributed by atoms with Gasteiger partial charge in [-0.3, -0.25) is 9.00 Å². The van der Waals surface area contributed by atoms with Crippen molar-refractivity contribution in [2.75, 3.05) is 0 Å². The first kappa shape index (κ1) is 21.1. The highest BCUT2D eigenvalue weighted by Crippen LogP contribution is 2.19. The van der Waals surface area contributed by atoms with Crippen molar-refractivity contribution in [1.82, 2.24) is 5.32 Å². The first-order valence-electron chi connectivity index (χ1n) is 9.17. The molecule has 0 saturated heterocycles. The van der Waals surface area contributed by atoms with Crippen LogP contribution in [0.25, 0.3) is 0 Å². The number of ether oxygens (including phenoxy) is 1. The van der Waals surface area contributed by atoms with E-state index in [1.807, 2.05) is 38.1 Å². The standard InChI is InChI=1S/C22H22ClNO4S/c1-15(2)27-18-8-6-16(7-9-18)13-24-22(25)21-11-10-19(28-21)14-29(26)20-5-3-4-17(23)12-20/h3-12,15H,13-14H2,1-2H3,(H,24,25)/t29-/m1/s1. The molecule has 29 heavy (non-hydrogen) atoms. The molecule has 1 amide bonds. The summed E-state index contributed by atoms with van der Waals surface area (Å²) in [5.74, 6) is 1.29. The summed E-state index contributed by atoms with van der Waals surface area (Å²) < 4.78 is 23.6. The van der Waals surface area contributed by atoms with Crippen LogP contribution in [0.4, 0.5) is 0 Å². The van der Waals surface area contributed by atoms with Crippen molar-refractivity contribution in [3.63, 3.8) is 0 Å². The molecule has 1 aromatic heterocycles. The van der Waals surface area contributed by atoms with Gasteiger partial charge < -0.3 is 14.5 Å². The van der Waals surface area contributed by atoms with Gasteiger partial charge in [-0.1, -0.05) is 29.8 Å². The van der Waals surface area contributed by atoms with Crippen LogP contribution < -0.4 is 10.1 Å². The Labute approximate surface area is 177 Å². The SMILES string of the molecule is CC(C)Oc1ccc(CNC(=O)c2ccc(C[S@@](=O)c3cccc(Cl)c3)o2)cc1. The lowest BCUT2D eigenvalue weighted by molar-refractivity contribution is 0.0921. The van der Waals surface area contributed by atoms with Gasteiger partial charge in [0.1, 0.15) is 11.5 Å². The molecule has 7 heteroatoms. The second-order valence-corrected chi connectivity index (χ2v) is 8.59. The van der Waals surface area contributed by atoms with Crippen LogP contribution in [0.3, 0.4) is 0 Å². The topological polar surface area (TPSA) is 68.5 Å². The van der Waals surface area contributed by atoms with E-state index in [0.29, 0.717) is 22.2 Å². The fraction of sp³-hybridized carbons (Fsp3) is 0.227. The molecule has 2 aromatic carbocycles. The zero-order valence-electron chi connectivity index (χ0n) is 16.2. The van der Waals surface area contributed by atoms with E-state index in [0.717, 1.165) is 11.3 Å². The molecule has 1 heterocycles. The second-order valence-electron chi connectivity index (χ2n) is 6.71. The first-order valence-corrected chi connectivity index (χ1v) is 10.9. The minimum atomic E-state index is -1.31. The van der Waals surface area contributed by atoms with Crippen molar-refractivity contribution >= 4 is 28.3 Å². The van der Waals surface area contributed by atoms with Crippen LogP contribution in [0.5, 0.6) is 5.75 Å². The Bertz CT molecular complexity index is 998. The Morgan fingerprint density at radius 1 is 1.14 bits per heavy atom. The van der Waals surface area contributed by atoms with Crippen LogP contribution in [-0.4, -0.2) is 16.2 Å². The Balaban J connectivity index is 1.54. The van der Waals surface area contributed by atoms with E-state index in [9.17, 15) is 9.00 Å². The zero-order valence-corrected chi connectivity index (χ0v) is 17.8. The number of halogens is 1. The quantitative estimate of drug-likeness (QED) is 0.547. The maximum absolute atomic E-state index is 12.4. The molecule has 1 N–H and O–H groups in total. The van der Waals surface area contributed by atoms with Crippen molar-refractivity contribution in [3.8, 4) is 5.75 Å². The molecule has 152 valence electrons. The summed E-state index contributed by atoms with van der Waals surface area (Å²) in [5, 5.41) is 3.34. The summed E-state index contributed by atoms with van der Waals surface area (Å²) in [5.41, 5.74) is 0.947. The Hall–Kier alpha value is -2.57. The van der Waals surface area contributed by atoms with E-state index in [2.05, 4.69) is 5.32 Å². The summed E-state index contributed by atoms with van der Waals surface area (Å²) in [6.45, 7) is 4.30. The number of hydrogen-bond donors (Lipinski definition) is 1. The number of amides is 1. The lowest BCUT2D eigenvalue weighted by atomic mass is 10.2. The number of rotatable bonds is 8. The van der Waals surface area contributed by atoms with E-state index in [1.54, 1.807) is 36.4 Å². The molecule has 3 aromatic rings. The second kappa shape index (κ2) is 9.76. The minimum absolute atomic E-state index is 0.113. The smallest absolute Gasteiger partial charge is 0.287 e. The predicted molar refractivity (Wildman–Crippen MR) is 114 cm³/mol. The predicted octanol–water partition coefficient (Wildman–Crippen LogP) is 4.96. The fourth-order valence-corrected chi connectivity index (χ4v) is 3.95. The first-order chi connectivity index (χ1) is 13.9. The van der Waals surface area contributed by atoms with Gasteiger partial charge in [-0.25, -0.2) is 0 Å². The maximum atomic E-state index is 12.4. The van der Waals surface area contributed by atoms with Crippen LogP contribution in [0, 0.1) is 0 Å². The van der Waals surface area contributed by atoms with Crippen molar-refractivity contribution in [2.24, 2.45) is 0 Å². The van der Waals surface area contributed by atoms with E-state index < -0.39 is 10.8 Å². The summed E-state index contributed by atoms with van der Waals surface area (Å²) in [7, 11) is -1.31. The van der Waals surface area contributed by atoms with Gasteiger partial charge in [0.05, 0.1) is 22.7 Å². The molecule has 0 aliphatic heterocycles. The molecule has 0 radical (unpaired) electrons.